The lowest BCUT2D eigenvalue weighted by molar-refractivity contribution is -0.129. The SMILES string of the molecule is CCNC(=O)NC(=O)[C@@H](OC(=O)c1ccccc1[S@@](C)=O)c1ccccc1. The molecule has 0 saturated heterocycles. The molecule has 0 bridgehead atoms. The van der Waals surface area contributed by atoms with Crippen LogP contribution in [0.5, 0.6) is 0 Å². The molecular weight excluding hydrogens is 368 g/mol. The molecule has 7 nitrogen and oxygen atoms in total. The molecule has 0 aliphatic heterocycles. The van der Waals surface area contributed by atoms with Crippen LogP contribution in [0, 0.1) is 0 Å². The molecule has 0 heterocycles. The van der Waals surface area contributed by atoms with Crippen LogP contribution in [0.25, 0.3) is 0 Å². The van der Waals surface area contributed by atoms with Crippen molar-refractivity contribution in [3.63, 3.8) is 0 Å². The fraction of sp³-hybridized carbons (Fsp3) is 0.211. The van der Waals surface area contributed by atoms with Crippen molar-refractivity contribution in [3.8, 4) is 0 Å². The lowest BCUT2D eigenvalue weighted by Gasteiger charge is -2.18. The second-order valence-electron chi connectivity index (χ2n) is 5.50. The first-order valence-corrected chi connectivity index (χ1v) is 9.77. The monoisotopic (exact) mass is 388 g/mol. The van der Waals surface area contributed by atoms with Crippen LogP contribution >= 0.6 is 0 Å². The standard InChI is InChI=1S/C19H20N2O5S/c1-3-20-19(24)21-17(22)16(13-9-5-4-6-10-13)26-18(23)14-11-7-8-12-15(14)27(2)25/h4-12,16H,3H2,1-2H3,(H2,20,21,22,24)/t16-,27+/m0/s1. The number of urea groups is 1. The first-order chi connectivity index (χ1) is 12.9. The van der Waals surface area contributed by atoms with E-state index in [1.807, 2.05) is 0 Å². The summed E-state index contributed by atoms with van der Waals surface area (Å²) in [6, 6.07) is 14.0. The topological polar surface area (TPSA) is 102 Å². The number of ether oxygens (including phenoxy) is 1. The molecule has 0 radical (unpaired) electrons. The summed E-state index contributed by atoms with van der Waals surface area (Å²) in [5.41, 5.74) is 0.507. The Bertz CT molecular complexity index is 854. The minimum atomic E-state index is -1.41. The Morgan fingerprint density at radius 3 is 2.30 bits per heavy atom. The Morgan fingerprint density at radius 1 is 1.04 bits per heavy atom. The van der Waals surface area contributed by atoms with Crippen LogP contribution in [0.1, 0.15) is 28.9 Å². The normalized spacial score (nSPS) is 12.5. The zero-order valence-electron chi connectivity index (χ0n) is 14.9. The van der Waals surface area contributed by atoms with Gasteiger partial charge in [-0.2, -0.15) is 0 Å². The highest BCUT2D eigenvalue weighted by molar-refractivity contribution is 7.84. The smallest absolute Gasteiger partial charge is 0.340 e. The third-order valence-electron chi connectivity index (χ3n) is 3.56. The maximum atomic E-state index is 12.6. The zero-order valence-corrected chi connectivity index (χ0v) is 15.7. The van der Waals surface area contributed by atoms with Crippen molar-refractivity contribution in [1.82, 2.24) is 10.6 Å². The van der Waals surface area contributed by atoms with Crippen molar-refractivity contribution < 1.29 is 23.3 Å². The van der Waals surface area contributed by atoms with Gasteiger partial charge in [-0.05, 0) is 19.1 Å². The highest BCUT2D eigenvalue weighted by Crippen LogP contribution is 2.22. The predicted octanol–water partition coefficient (Wildman–Crippen LogP) is 2.17. The fourth-order valence-electron chi connectivity index (χ4n) is 2.34. The number of carbonyl (C=O) groups is 3. The highest BCUT2D eigenvalue weighted by Gasteiger charge is 2.28. The summed E-state index contributed by atoms with van der Waals surface area (Å²) in [7, 11) is -1.41. The van der Waals surface area contributed by atoms with Gasteiger partial charge in [-0.3, -0.25) is 14.3 Å². The first-order valence-electron chi connectivity index (χ1n) is 8.21. The fourth-order valence-corrected chi connectivity index (χ4v) is 3.07. The van der Waals surface area contributed by atoms with Gasteiger partial charge in [-0.15, -0.1) is 0 Å². The van der Waals surface area contributed by atoms with Crippen LogP contribution in [0.15, 0.2) is 59.5 Å². The van der Waals surface area contributed by atoms with Crippen molar-refractivity contribution in [2.24, 2.45) is 0 Å². The zero-order chi connectivity index (χ0) is 19.8. The number of imide groups is 1. The van der Waals surface area contributed by atoms with E-state index in [9.17, 15) is 18.6 Å². The van der Waals surface area contributed by atoms with Crippen molar-refractivity contribution in [1.29, 1.82) is 0 Å². The van der Waals surface area contributed by atoms with Crippen LogP contribution in [-0.2, 0) is 20.3 Å². The molecule has 8 heteroatoms. The molecule has 2 rings (SSSR count). The molecule has 142 valence electrons. The number of esters is 1. The number of rotatable bonds is 6. The summed E-state index contributed by atoms with van der Waals surface area (Å²) in [4.78, 5) is 37.1. The van der Waals surface area contributed by atoms with Gasteiger partial charge in [0.2, 0.25) is 6.10 Å². The van der Waals surface area contributed by atoms with E-state index < -0.39 is 34.8 Å². The largest absolute Gasteiger partial charge is 0.444 e. The van der Waals surface area contributed by atoms with Crippen molar-refractivity contribution in [3.05, 3.63) is 65.7 Å². The molecule has 0 saturated carbocycles. The molecule has 0 fully saturated rings. The van der Waals surface area contributed by atoms with E-state index in [4.69, 9.17) is 4.74 Å². The average Bonchev–Trinajstić information content (AvgIpc) is 2.66. The average molecular weight is 388 g/mol. The lowest BCUT2D eigenvalue weighted by Crippen LogP contribution is -2.42. The molecule has 2 atom stereocenters. The Kier molecular flexibility index (Phi) is 7.25. The molecule has 0 unspecified atom stereocenters. The van der Waals surface area contributed by atoms with Gasteiger partial charge in [0.25, 0.3) is 5.91 Å². The van der Waals surface area contributed by atoms with Gasteiger partial charge in [-0.25, -0.2) is 9.59 Å². The molecule has 0 aromatic heterocycles. The summed E-state index contributed by atoms with van der Waals surface area (Å²) in [6.07, 6.45) is 0.113. The van der Waals surface area contributed by atoms with E-state index in [-0.39, 0.29) is 5.56 Å². The quantitative estimate of drug-likeness (QED) is 0.739. The molecule has 0 aliphatic carbocycles. The summed E-state index contributed by atoms with van der Waals surface area (Å²) in [5, 5.41) is 4.59. The molecule has 0 spiro atoms. The van der Waals surface area contributed by atoms with Gasteiger partial charge >= 0.3 is 12.0 Å². The minimum absolute atomic E-state index is 0.102. The molecular formula is C19H20N2O5S. The number of amides is 3. The Labute approximate surface area is 159 Å². The molecule has 27 heavy (non-hydrogen) atoms. The molecule has 0 aliphatic rings. The maximum absolute atomic E-state index is 12.6. The van der Waals surface area contributed by atoms with Gasteiger partial charge in [0.1, 0.15) is 0 Å². The van der Waals surface area contributed by atoms with Crippen LogP contribution < -0.4 is 10.6 Å². The first kappa shape index (κ1) is 20.3. The number of benzene rings is 2. The summed E-state index contributed by atoms with van der Waals surface area (Å²) in [6.45, 7) is 2.05. The number of carbonyl (C=O) groups excluding carboxylic acids is 3. The summed E-state index contributed by atoms with van der Waals surface area (Å²) in [5.74, 6) is -1.59. The number of hydrogen-bond acceptors (Lipinski definition) is 5. The van der Waals surface area contributed by atoms with Gasteiger partial charge in [0.05, 0.1) is 21.3 Å². The third kappa shape index (κ3) is 5.49. The predicted molar refractivity (Wildman–Crippen MR) is 101 cm³/mol. The Hall–Kier alpha value is -3.00. The number of nitrogens with one attached hydrogen (secondary N) is 2. The Balaban J connectivity index is 2.30. The second kappa shape index (κ2) is 9.63. The van der Waals surface area contributed by atoms with E-state index in [0.717, 1.165) is 0 Å². The number of hydrogen-bond donors (Lipinski definition) is 2. The summed E-state index contributed by atoms with van der Waals surface area (Å²) < 4.78 is 17.2. The van der Waals surface area contributed by atoms with Crippen LogP contribution in [-0.4, -0.2) is 34.9 Å². The van der Waals surface area contributed by atoms with E-state index in [1.54, 1.807) is 55.5 Å². The van der Waals surface area contributed by atoms with E-state index in [1.165, 1.54) is 12.3 Å². The lowest BCUT2D eigenvalue weighted by atomic mass is 10.1. The highest BCUT2D eigenvalue weighted by atomic mass is 32.2. The van der Waals surface area contributed by atoms with E-state index in [0.29, 0.717) is 17.0 Å². The molecule has 2 aromatic rings. The van der Waals surface area contributed by atoms with Crippen molar-refractivity contribution in [2.75, 3.05) is 12.8 Å². The maximum Gasteiger partial charge on any atom is 0.340 e. The molecule has 2 N–H and O–H groups in total. The van der Waals surface area contributed by atoms with Gasteiger partial charge < -0.3 is 10.1 Å². The second-order valence-corrected chi connectivity index (χ2v) is 6.84. The molecule has 2 aromatic carbocycles. The van der Waals surface area contributed by atoms with Gasteiger partial charge in [-0.1, -0.05) is 42.5 Å². The van der Waals surface area contributed by atoms with Crippen molar-refractivity contribution >= 4 is 28.7 Å². The van der Waals surface area contributed by atoms with Crippen LogP contribution in [0.4, 0.5) is 4.79 Å². The van der Waals surface area contributed by atoms with Crippen LogP contribution in [0.3, 0.4) is 0 Å². The van der Waals surface area contributed by atoms with E-state index in [2.05, 4.69) is 10.6 Å². The minimum Gasteiger partial charge on any atom is -0.444 e. The van der Waals surface area contributed by atoms with Crippen LogP contribution in [0.2, 0.25) is 0 Å². The van der Waals surface area contributed by atoms with Crippen molar-refractivity contribution in [2.45, 2.75) is 17.9 Å². The van der Waals surface area contributed by atoms with E-state index >= 15 is 0 Å². The van der Waals surface area contributed by atoms with Gasteiger partial charge in [0.15, 0.2) is 0 Å². The third-order valence-corrected chi connectivity index (χ3v) is 4.53. The van der Waals surface area contributed by atoms with Gasteiger partial charge in [0, 0.05) is 18.4 Å². The Morgan fingerprint density at radius 2 is 1.67 bits per heavy atom. The summed E-state index contributed by atoms with van der Waals surface area (Å²) >= 11 is 0. The molecule has 3 amide bonds.